The number of benzene rings is 1. The van der Waals surface area contributed by atoms with Crippen LogP contribution in [0, 0.1) is 0 Å². The fourth-order valence-electron chi connectivity index (χ4n) is 3.07. The van der Waals surface area contributed by atoms with E-state index in [1.54, 1.807) is 0 Å². The monoisotopic (exact) mass is 256 g/mol. The Morgan fingerprint density at radius 2 is 2.21 bits per heavy atom. The molecule has 1 unspecified atom stereocenters. The largest absolute Gasteiger partial charge is 0.385 e. The summed E-state index contributed by atoms with van der Waals surface area (Å²) in [5.41, 5.74) is 1.62. The summed E-state index contributed by atoms with van der Waals surface area (Å²) in [7, 11) is 0. The summed E-state index contributed by atoms with van der Waals surface area (Å²) in [6.07, 6.45) is 7.28. The third-order valence-corrected chi connectivity index (χ3v) is 4.04. The highest BCUT2D eigenvalue weighted by Gasteiger charge is 2.37. The lowest BCUT2D eigenvalue weighted by Gasteiger charge is -2.24. The summed E-state index contributed by atoms with van der Waals surface area (Å²) in [6, 6.07) is 8.22. The molecule has 0 aliphatic heterocycles. The summed E-state index contributed by atoms with van der Waals surface area (Å²) in [6.45, 7) is 3.12. The number of aromatic nitrogens is 2. The molecule has 0 bridgehead atoms. The maximum atomic E-state index is 11.0. The van der Waals surface area contributed by atoms with Crippen molar-refractivity contribution in [3.05, 3.63) is 53.6 Å². The van der Waals surface area contributed by atoms with E-state index in [-0.39, 0.29) is 0 Å². The minimum atomic E-state index is -0.743. The minimum absolute atomic E-state index is 0.608. The SMILES string of the molecule is CCCn1ccnc1CC1(O)CCc2ccccc21. The molecule has 2 aromatic rings. The molecule has 19 heavy (non-hydrogen) atoms. The average molecular weight is 256 g/mol. The number of aliphatic hydroxyl groups is 1. The van der Waals surface area contributed by atoms with E-state index in [1.807, 2.05) is 24.5 Å². The molecule has 0 fully saturated rings. The maximum absolute atomic E-state index is 11.0. The zero-order chi connectivity index (χ0) is 13.3. The Morgan fingerprint density at radius 3 is 3.05 bits per heavy atom. The fraction of sp³-hybridized carbons (Fsp3) is 0.438. The molecule has 1 aromatic heterocycles. The van der Waals surface area contributed by atoms with Crippen LogP contribution in [0.3, 0.4) is 0 Å². The molecule has 3 rings (SSSR count). The molecule has 100 valence electrons. The van der Waals surface area contributed by atoms with Crippen LogP contribution < -0.4 is 0 Å². The van der Waals surface area contributed by atoms with E-state index >= 15 is 0 Å². The Hall–Kier alpha value is -1.61. The second kappa shape index (κ2) is 4.82. The van der Waals surface area contributed by atoms with Crippen molar-refractivity contribution in [2.75, 3.05) is 0 Å². The number of aryl methyl sites for hydroxylation is 2. The fourth-order valence-corrected chi connectivity index (χ4v) is 3.07. The third kappa shape index (κ3) is 2.19. The average Bonchev–Trinajstić information content (AvgIpc) is 2.97. The van der Waals surface area contributed by atoms with Gasteiger partial charge in [0.05, 0.1) is 5.60 Å². The third-order valence-electron chi connectivity index (χ3n) is 4.04. The van der Waals surface area contributed by atoms with Gasteiger partial charge in [0.15, 0.2) is 0 Å². The summed E-state index contributed by atoms with van der Waals surface area (Å²) in [4.78, 5) is 4.42. The van der Waals surface area contributed by atoms with Crippen molar-refractivity contribution < 1.29 is 5.11 Å². The summed E-state index contributed by atoms with van der Waals surface area (Å²) in [5, 5.41) is 11.0. The van der Waals surface area contributed by atoms with Crippen LogP contribution in [0.2, 0.25) is 0 Å². The molecule has 0 saturated heterocycles. The molecule has 1 aromatic carbocycles. The van der Waals surface area contributed by atoms with Crippen LogP contribution in [0.4, 0.5) is 0 Å². The molecular weight excluding hydrogens is 236 g/mol. The van der Waals surface area contributed by atoms with Gasteiger partial charge >= 0.3 is 0 Å². The second-order valence-corrected chi connectivity index (χ2v) is 5.40. The van der Waals surface area contributed by atoms with Gasteiger partial charge in [-0.15, -0.1) is 0 Å². The van der Waals surface area contributed by atoms with Crippen molar-refractivity contribution in [2.45, 2.75) is 44.8 Å². The van der Waals surface area contributed by atoms with Crippen molar-refractivity contribution in [1.29, 1.82) is 0 Å². The van der Waals surface area contributed by atoms with Crippen molar-refractivity contribution in [3.8, 4) is 0 Å². The van der Waals surface area contributed by atoms with Gasteiger partial charge in [-0.05, 0) is 30.4 Å². The highest BCUT2D eigenvalue weighted by atomic mass is 16.3. The summed E-state index contributed by atoms with van der Waals surface area (Å²) in [5.74, 6) is 0.987. The van der Waals surface area contributed by atoms with Crippen LogP contribution in [0.1, 0.15) is 36.7 Å². The number of rotatable bonds is 4. The lowest BCUT2D eigenvalue weighted by Crippen LogP contribution is -2.27. The normalized spacial score (nSPS) is 21.6. The maximum Gasteiger partial charge on any atom is 0.111 e. The number of imidazole rings is 1. The van der Waals surface area contributed by atoms with Crippen molar-refractivity contribution in [2.24, 2.45) is 0 Å². The highest BCUT2D eigenvalue weighted by Crippen LogP contribution is 2.38. The molecule has 1 aliphatic carbocycles. The Morgan fingerprint density at radius 1 is 1.37 bits per heavy atom. The highest BCUT2D eigenvalue weighted by molar-refractivity contribution is 5.37. The van der Waals surface area contributed by atoms with Gasteiger partial charge in [0.2, 0.25) is 0 Å². The predicted molar refractivity (Wildman–Crippen MR) is 74.9 cm³/mol. The first-order valence-corrected chi connectivity index (χ1v) is 7.04. The first-order valence-electron chi connectivity index (χ1n) is 7.04. The first-order chi connectivity index (χ1) is 9.23. The van der Waals surface area contributed by atoms with E-state index in [0.29, 0.717) is 6.42 Å². The zero-order valence-electron chi connectivity index (χ0n) is 11.3. The Kier molecular flexibility index (Phi) is 3.15. The van der Waals surface area contributed by atoms with E-state index in [1.165, 1.54) is 5.56 Å². The first kappa shape index (κ1) is 12.4. The van der Waals surface area contributed by atoms with Gasteiger partial charge in [-0.1, -0.05) is 31.2 Å². The molecule has 1 heterocycles. The van der Waals surface area contributed by atoms with E-state index < -0.39 is 5.60 Å². The van der Waals surface area contributed by atoms with Crippen molar-refractivity contribution in [3.63, 3.8) is 0 Å². The van der Waals surface area contributed by atoms with Gasteiger partial charge in [-0.25, -0.2) is 4.98 Å². The number of fused-ring (bicyclic) bond motifs is 1. The van der Waals surface area contributed by atoms with Gasteiger partial charge in [-0.3, -0.25) is 0 Å². The standard InChI is InChI=1S/C16H20N2O/c1-2-10-18-11-9-17-15(18)12-16(19)8-7-13-5-3-4-6-14(13)16/h3-6,9,11,19H,2,7-8,10,12H2,1H3. The molecule has 1 N–H and O–H groups in total. The van der Waals surface area contributed by atoms with Gasteiger partial charge in [0.25, 0.3) is 0 Å². The number of hydrogen-bond donors (Lipinski definition) is 1. The van der Waals surface area contributed by atoms with Crippen LogP contribution in [0.5, 0.6) is 0 Å². The van der Waals surface area contributed by atoms with Crippen LogP contribution in [0.25, 0.3) is 0 Å². The van der Waals surface area contributed by atoms with E-state index in [4.69, 9.17) is 0 Å². The van der Waals surface area contributed by atoms with Crippen LogP contribution >= 0.6 is 0 Å². The summed E-state index contributed by atoms with van der Waals surface area (Å²) >= 11 is 0. The van der Waals surface area contributed by atoms with Gasteiger partial charge in [0.1, 0.15) is 5.82 Å². The molecular formula is C16H20N2O. The van der Waals surface area contributed by atoms with Gasteiger partial charge in [0, 0.05) is 25.4 Å². The van der Waals surface area contributed by atoms with E-state index in [0.717, 1.165) is 37.2 Å². The van der Waals surface area contributed by atoms with Crippen molar-refractivity contribution in [1.82, 2.24) is 9.55 Å². The summed E-state index contributed by atoms with van der Waals surface area (Å²) < 4.78 is 2.15. The van der Waals surface area contributed by atoms with Gasteiger partial charge in [-0.2, -0.15) is 0 Å². The molecule has 0 radical (unpaired) electrons. The molecule has 1 aliphatic rings. The quantitative estimate of drug-likeness (QED) is 0.913. The Balaban J connectivity index is 1.89. The molecule has 3 heteroatoms. The molecule has 0 amide bonds. The number of hydrogen-bond acceptors (Lipinski definition) is 2. The van der Waals surface area contributed by atoms with Gasteiger partial charge < -0.3 is 9.67 Å². The van der Waals surface area contributed by atoms with Crippen LogP contribution in [0.15, 0.2) is 36.7 Å². The molecule has 0 spiro atoms. The van der Waals surface area contributed by atoms with Crippen molar-refractivity contribution >= 4 is 0 Å². The Labute approximate surface area is 113 Å². The lowest BCUT2D eigenvalue weighted by atomic mass is 9.92. The lowest BCUT2D eigenvalue weighted by molar-refractivity contribution is 0.0360. The molecule has 1 atom stereocenters. The topological polar surface area (TPSA) is 38.0 Å². The zero-order valence-corrected chi connectivity index (χ0v) is 11.3. The smallest absolute Gasteiger partial charge is 0.111 e. The second-order valence-electron chi connectivity index (χ2n) is 5.40. The number of nitrogens with zero attached hydrogens (tertiary/aromatic N) is 2. The van der Waals surface area contributed by atoms with E-state index in [2.05, 4.69) is 28.6 Å². The predicted octanol–water partition coefficient (Wildman–Crippen LogP) is 2.67. The van der Waals surface area contributed by atoms with E-state index in [9.17, 15) is 5.11 Å². The van der Waals surface area contributed by atoms with Crippen LogP contribution in [-0.2, 0) is 25.0 Å². The molecule has 3 nitrogen and oxygen atoms in total. The minimum Gasteiger partial charge on any atom is -0.385 e. The molecule has 0 saturated carbocycles. The Bertz CT molecular complexity index is 576. The van der Waals surface area contributed by atoms with Crippen LogP contribution in [-0.4, -0.2) is 14.7 Å².